The molecule has 0 amide bonds. The number of benzene rings is 3. The van der Waals surface area contributed by atoms with E-state index in [4.69, 9.17) is 9.72 Å². The number of aromatic nitrogens is 2. The SMILES string of the molecule is c1ccc(-c2ccc(-c3cccc(-c4cccc(Oc5ccccn5)c4)n3)cc2)cc1. The van der Waals surface area contributed by atoms with Gasteiger partial charge < -0.3 is 4.74 Å². The number of pyridine rings is 2. The largest absolute Gasteiger partial charge is 0.439 e. The summed E-state index contributed by atoms with van der Waals surface area (Å²) in [5.41, 5.74) is 6.32. The Hall–Kier alpha value is -4.24. The molecule has 0 N–H and O–H groups in total. The van der Waals surface area contributed by atoms with Crippen LogP contribution in [0, 0.1) is 0 Å². The Morgan fingerprint density at radius 1 is 0.484 bits per heavy atom. The van der Waals surface area contributed by atoms with E-state index in [-0.39, 0.29) is 0 Å². The molecule has 5 aromatic rings. The van der Waals surface area contributed by atoms with Gasteiger partial charge in [0, 0.05) is 23.4 Å². The van der Waals surface area contributed by atoms with Crippen molar-refractivity contribution in [2.45, 2.75) is 0 Å². The monoisotopic (exact) mass is 400 g/mol. The van der Waals surface area contributed by atoms with E-state index < -0.39 is 0 Å². The maximum atomic E-state index is 5.87. The molecule has 2 aromatic heterocycles. The fraction of sp³-hybridized carbons (Fsp3) is 0. The lowest BCUT2D eigenvalue weighted by Gasteiger charge is -2.09. The number of ether oxygens (including phenoxy) is 1. The summed E-state index contributed by atoms with van der Waals surface area (Å²) in [5.74, 6) is 1.30. The standard InChI is InChI=1S/C28H20N2O/c1-2-8-21(9-3-1)22-15-17-23(18-16-22)26-12-7-13-27(30-26)24-10-6-11-25(20-24)31-28-14-4-5-19-29-28/h1-20H. The molecule has 0 fully saturated rings. The smallest absolute Gasteiger partial charge is 0.219 e. The molecule has 31 heavy (non-hydrogen) atoms. The van der Waals surface area contributed by atoms with E-state index in [1.165, 1.54) is 11.1 Å². The van der Waals surface area contributed by atoms with Crippen molar-refractivity contribution in [1.82, 2.24) is 9.97 Å². The maximum Gasteiger partial charge on any atom is 0.219 e. The van der Waals surface area contributed by atoms with Gasteiger partial charge in [-0.2, -0.15) is 0 Å². The summed E-state index contributed by atoms with van der Waals surface area (Å²) in [6.45, 7) is 0. The molecule has 0 radical (unpaired) electrons. The molecular formula is C28H20N2O. The lowest BCUT2D eigenvalue weighted by Crippen LogP contribution is -1.90. The van der Waals surface area contributed by atoms with E-state index in [1.54, 1.807) is 6.20 Å². The van der Waals surface area contributed by atoms with Gasteiger partial charge in [0.2, 0.25) is 5.88 Å². The molecule has 2 heterocycles. The van der Waals surface area contributed by atoms with Crippen LogP contribution in [0.4, 0.5) is 0 Å². The zero-order chi connectivity index (χ0) is 20.9. The van der Waals surface area contributed by atoms with Gasteiger partial charge in [0.15, 0.2) is 0 Å². The fourth-order valence-corrected chi connectivity index (χ4v) is 3.47. The molecule has 0 aliphatic heterocycles. The molecule has 0 aliphatic carbocycles. The van der Waals surface area contributed by atoms with Crippen LogP contribution >= 0.6 is 0 Å². The minimum absolute atomic E-state index is 0.569. The molecule has 0 bridgehead atoms. The Balaban J connectivity index is 1.41. The van der Waals surface area contributed by atoms with E-state index in [2.05, 4.69) is 53.5 Å². The van der Waals surface area contributed by atoms with Crippen molar-refractivity contribution in [3.05, 3.63) is 121 Å². The Morgan fingerprint density at radius 2 is 1.13 bits per heavy atom. The van der Waals surface area contributed by atoms with Crippen molar-refractivity contribution in [3.8, 4) is 45.3 Å². The fourth-order valence-electron chi connectivity index (χ4n) is 3.47. The second-order valence-corrected chi connectivity index (χ2v) is 7.15. The lowest BCUT2D eigenvalue weighted by molar-refractivity contribution is 0.463. The zero-order valence-electron chi connectivity index (χ0n) is 16.8. The van der Waals surface area contributed by atoms with Gasteiger partial charge in [0.1, 0.15) is 5.75 Å². The van der Waals surface area contributed by atoms with Crippen molar-refractivity contribution in [3.63, 3.8) is 0 Å². The van der Waals surface area contributed by atoms with Gasteiger partial charge in [-0.25, -0.2) is 9.97 Å². The van der Waals surface area contributed by atoms with Crippen molar-refractivity contribution in [2.75, 3.05) is 0 Å². The number of hydrogen-bond acceptors (Lipinski definition) is 3. The first-order valence-corrected chi connectivity index (χ1v) is 10.2. The van der Waals surface area contributed by atoms with Gasteiger partial charge in [-0.3, -0.25) is 0 Å². The summed E-state index contributed by atoms with van der Waals surface area (Å²) in [7, 11) is 0. The minimum Gasteiger partial charge on any atom is -0.439 e. The van der Waals surface area contributed by atoms with Gasteiger partial charge in [-0.15, -0.1) is 0 Å². The Kier molecular flexibility index (Phi) is 5.23. The summed E-state index contributed by atoms with van der Waals surface area (Å²) in [6.07, 6.45) is 1.72. The highest BCUT2D eigenvalue weighted by Gasteiger charge is 2.06. The first-order chi connectivity index (χ1) is 15.3. The van der Waals surface area contributed by atoms with Crippen molar-refractivity contribution < 1.29 is 4.74 Å². The van der Waals surface area contributed by atoms with E-state index in [1.807, 2.05) is 66.7 Å². The van der Waals surface area contributed by atoms with Crippen molar-refractivity contribution >= 4 is 0 Å². The highest BCUT2D eigenvalue weighted by atomic mass is 16.5. The van der Waals surface area contributed by atoms with Crippen LogP contribution in [0.2, 0.25) is 0 Å². The molecule has 0 atom stereocenters. The molecule has 0 unspecified atom stereocenters. The number of hydrogen-bond donors (Lipinski definition) is 0. The van der Waals surface area contributed by atoms with E-state index in [0.29, 0.717) is 5.88 Å². The molecule has 0 aliphatic rings. The zero-order valence-corrected chi connectivity index (χ0v) is 16.8. The molecule has 0 saturated heterocycles. The van der Waals surface area contributed by atoms with E-state index >= 15 is 0 Å². The van der Waals surface area contributed by atoms with Crippen molar-refractivity contribution in [1.29, 1.82) is 0 Å². The van der Waals surface area contributed by atoms with Crippen LogP contribution in [0.1, 0.15) is 0 Å². The van der Waals surface area contributed by atoms with Gasteiger partial charge >= 0.3 is 0 Å². The average Bonchev–Trinajstić information content (AvgIpc) is 2.86. The highest BCUT2D eigenvalue weighted by molar-refractivity contribution is 5.71. The number of nitrogens with zero attached hydrogens (tertiary/aromatic N) is 2. The molecule has 3 nitrogen and oxygen atoms in total. The van der Waals surface area contributed by atoms with E-state index in [0.717, 1.165) is 28.3 Å². The average molecular weight is 400 g/mol. The summed E-state index contributed by atoms with van der Waals surface area (Å²) < 4.78 is 5.87. The van der Waals surface area contributed by atoms with Crippen LogP contribution < -0.4 is 4.74 Å². The second kappa shape index (κ2) is 8.64. The Bertz CT molecular complexity index is 1280. The van der Waals surface area contributed by atoms with Crippen LogP contribution in [0.5, 0.6) is 11.6 Å². The van der Waals surface area contributed by atoms with Gasteiger partial charge in [-0.05, 0) is 41.5 Å². The topological polar surface area (TPSA) is 35.0 Å². The lowest BCUT2D eigenvalue weighted by atomic mass is 10.0. The maximum absolute atomic E-state index is 5.87. The van der Waals surface area contributed by atoms with Gasteiger partial charge in [0.05, 0.1) is 11.4 Å². The molecule has 0 spiro atoms. The van der Waals surface area contributed by atoms with Crippen LogP contribution in [-0.2, 0) is 0 Å². The molecule has 5 rings (SSSR count). The summed E-state index contributed by atoms with van der Waals surface area (Å²) in [5, 5.41) is 0. The van der Waals surface area contributed by atoms with Crippen LogP contribution in [0.25, 0.3) is 33.6 Å². The molecule has 148 valence electrons. The van der Waals surface area contributed by atoms with Gasteiger partial charge in [-0.1, -0.05) is 78.9 Å². The molecule has 3 heteroatoms. The minimum atomic E-state index is 0.569. The molecular weight excluding hydrogens is 380 g/mol. The van der Waals surface area contributed by atoms with Crippen LogP contribution in [-0.4, -0.2) is 9.97 Å². The Labute approximate surface area is 181 Å². The third kappa shape index (κ3) is 4.36. The summed E-state index contributed by atoms with van der Waals surface area (Å²) >= 11 is 0. The summed E-state index contributed by atoms with van der Waals surface area (Å²) in [4.78, 5) is 9.11. The number of rotatable bonds is 5. The normalized spacial score (nSPS) is 10.6. The first-order valence-electron chi connectivity index (χ1n) is 10.2. The quantitative estimate of drug-likeness (QED) is 0.311. The van der Waals surface area contributed by atoms with Crippen molar-refractivity contribution in [2.24, 2.45) is 0 Å². The summed E-state index contributed by atoms with van der Waals surface area (Å²) in [6, 6.07) is 38.5. The second-order valence-electron chi connectivity index (χ2n) is 7.15. The predicted molar refractivity (Wildman–Crippen MR) is 125 cm³/mol. The Morgan fingerprint density at radius 3 is 1.90 bits per heavy atom. The third-order valence-corrected chi connectivity index (χ3v) is 5.03. The predicted octanol–water partition coefficient (Wildman–Crippen LogP) is 7.27. The third-order valence-electron chi connectivity index (χ3n) is 5.03. The van der Waals surface area contributed by atoms with Crippen LogP contribution in [0.15, 0.2) is 121 Å². The van der Waals surface area contributed by atoms with Crippen LogP contribution in [0.3, 0.4) is 0 Å². The highest BCUT2D eigenvalue weighted by Crippen LogP contribution is 2.28. The molecule has 0 saturated carbocycles. The molecule has 3 aromatic carbocycles. The van der Waals surface area contributed by atoms with Gasteiger partial charge in [0.25, 0.3) is 0 Å². The first kappa shape index (κ1) is 18.8. The van der Waals surface area contributed by atoms with E-state index in [9.17, 15) is 0 Å².